The number of rotatable bonds is 2. The second kappa shape index (κ2) is 5.54. The molecule has 0 aromatic heterocycles. The molecule has 0 aliphatic rings. The summed E-state index contributed by atoms with van der Waals surface area (Å²) in [5, 5.41) is 2.58. The average Bonchev–Trinajstić information content (AvgIpc) is 2.38. The molecule has 2 aromatic rings. The fourth-order valence-corrected chi connectivity index (χ4v) is 1.85. The number of amides is 1. The van der Waals surface area contributed by atoms with E-state index in [0.29, 0.717) is 5.02 Å². The quantitative estimate of drug-likeness (QED) is 0.862. The molecule has 0 atom stereocenters. The van der Waals surface area contributed by atoms with Crippen LogP contribution in [0, 0.1) is 0 Å². The van der Waals surface area contributed by atoms with Gasteiger partial charge in [-0.15, -0.1) is 0 Å². The Hall–Kier alpha value is -2.01. The number of hydrogen-bond donors (Lipinski definition) is 1. The van der Waals surface area contributed by atoms with E-state index in [1.54, 1.807) is 12.1 Å². The molecule has 2 nitrogen and oxygen atoms in total. The first-order valence-corrected chi connectivity index (χ1v) is 5.99. The third-order valence-electron chi connectivity index (χ3n) is 2.57. The minimum atomic E-state index is -4.53. The van der Waals surface area contributed by atoms with Gasteiger partial charge >= 0.3 is 6.18 Å². The highest BCUT2D eigenvalue weighted by atomic mass is 35.5. The maximum atomic E-state index is 12.8. The van der Waals surface area contributed by atoms with Crippen molar-refractivity contribution in [3.05, 3.63) is 64.7 Å². The molecule has 0 bridgehead atoms. The van der Waals surface area contributed by atoms with Crippen LogP contribution >= 0.6 is 11.6 Å². The van der Waals surface area contributed by atoms with Crippen LogP contribution < -0.4 is 5.32 Å². The molecule has 0 saturated heterocycles. The van der Waals surface area contributed by atoms with E-state index >= 15 is 0 Å². The van der Waals surface area contributed by atoms with Gasteiger partial charge < -0.3 is 5.32 Å². The van der Waals surface area contributed by atoms with Crippen molar-refractivity contribution in [3.63, 3.8) is 0 Å². The standard InChI is InChI=1S/C14H9ClF3NO/c15-10-5-3-4-9(8-10)13(20)19-12-7-2-1-6-11(12)14(16,17)18/h1-8H,(H,19,20). The minimum Gasteiger partial charge on any atom is -0.321 e. The Bertz CT molecular complexity index is 640. The number of carbonyl (C=O) groups excluding carboxylic acids is 1. The maximum absolute atomic E-state index is 12.8. The van der Waals surface area contributed by atoms with Gasteiger partial charge in [-0.25, -0.2) is 0 Å². The smallest absolute Gasteiger partial charge is 0.321 e. The molecule has 20 heavy (non-hydrogen) atoms. The summed E-state index contributed by atoms with van der Waals surface area (Å²) in [5.74, 6) is -0.649. The first kappa shape index (κ1) is 14.4. The van der Waals surface area contributed by atoms with E-state index in [1.165, 1.54) is 30.3 Å². The largest absolute Gasteiger partial charge is 0.418 e. The van der Waals surface area contributed by atoms with Gasteiger partial charge in [-0.05, 0) is 30.3 Å². The molecule has 2 aromatic carbocycles. The molecule has 1 N–H and O–H groups in total. The summed E-state index contributed by atoms with van der Waals surface area (Å²) in [6, 6.07) is 10.8. The Balaban J connectivity index is 2.29. The topological polar surface area (TPSA) is 29.1 Å². The molecule has 104 valence electrons. The van der Waals surface area contributed by atoms with Gasteiger partial charge in [-0.1, -0.05) is 29.8 Å². The normalized spacial score (nSPS) is 11.2. The molecule has 1 amide bonds. The second-order valence-electron chi connectivity index (χ2n) is 4.01. The third kappa shape index (κ3) is 3.30. The summed E-state index contributed by atoms with van der Waals surface area (Å²) in [6.07, 6.45) is -4.53. The lowest BCUT2D eigenvalue weighted by molar-refractivity contribution is -0.136. The molecule has 2 rings (SSSR count). The Morgan fingerprint density at radius 1 is 1.05 bits per heavy atom. The van der Waals surface area contributed by atoms with Gasteiger partial charge in [-0.3, -0.25) is 4.79 Å². The predicted octanol–water partition coefficient (Wildman–Crippen LogP) is 4.61. The Morgan fingerprint density at radius 2 is 1.75 bits per heavy atom. The number of halogens is 4. The van der Waals surface area contributed by atoms with Crippen molar-refractivity contribution in [2.45, 2.75) is 6.18 Å². The van der Waals surface area contributed by atoms with Crippen molar-refractivity contribution in [2.75, 3.05) is 5.32 Å². The maximum Gasteiger partial charge on any atom is 0.418 e. The van der Waals surface area contributed by atoms with Crippen LogP contribution in [0.1, 0.15) is 15.9 Å². The van der Waals surface area contributed by atoms with Crippen LogP contribution in [-0.4, -0.2) is 5.91 Å². The first-order chi connectivity index (χ1) is 9.38. The average molecular weight is 300 g/mol. The number of carbonyl (C=O) groups is 1. The van der Waals surface area contributed by atoms with E-state index in [1.807, 2.05) is 0 Å². The summed E-state index contributed by atoms with van der Waals surface area (Å²) >= 11 is 5.74. The Morgan fingerprint density at radius 3 is 2.40 bits per heavy atom. The van der Waals surface area contributed by atoms with Gasteiger partial charge in [-0.2, -0.15) is 13.2 Å². The molecule has 0 unspecified atom stereocenters. The van der Waals surface area contributed by atoms with E-state index in [0.717, 1.165) is 6.07 Å². The molecule has 0 radical (unpaired) electrons. The second-order valence-corrected chi connectivity index (χ2v) is 4.44. The van der Waals surface area contributed by atoms with E-state index in [-0.39, 0.29) is 11.3 Å². The molecule has 0 aliphatic heterocycles. The molecule has 0 heterocycles. The molecular weight excluding hydrogens is 291 g/mol. The van der Waals surface area contributed by atoms with Gasteiger partial charge in [0, 0.05) is 10.6 Å². The van der Waals surface area contributed by atoms with Crippen molar-refractivity contribution < 1.29 is 18.0 Å². The van der Waals surface area contributed by atoms with Crippen LogP contribution in [0.4, 0.5) is 18.9 Å². The monoisotopic (exact) mass is 299 g/mol. The van der Waals surface area contributed by atoms with Crippen molar-refractivity contribution in [1.29, 1.82) is 0 Å². The van der Waals surface area contributed by atoms with Crippen LogP contribution in [0.3, 0.4) is 0 Å². The van der Waals surface area contributed by atoms with Gasteiger partial charge in [0.1, 0.15) is 0 Å². The van der Waals surface area contributed by atoms with E-state index in [9.17, 15) is 18.0 Å². The number of nitrogens with one attached hydrogen (secondary N) is 1. The van der Waals surface area contributed by atoms with Crippen LogP contribution in [0.5, 0.6) is 0 Å². The van der Waals surface area contributed by atoms with Gasteiger partial charge in [0.2, 0.25) is 0 Å². The Kier molecular flexibility index (Phi) is 3.99. The van der Waals surface area contributed by atoms with Crippen molar-refractivity contribution in [2.24, 2.45) is 0 Å². The summed E-state index contributed by atoms with van der Waals surface area (Å²) in [7, 11) is 0. The number of hydrogen-bond acceptors (Lipinski definition) is 1. The number of benzene rings is 2. The molecule has 0 fully saturated rings. The predicted molar refractivity (Wildman–Crippen MR) is 70.8 cm³/mol. The van der Waals surface area contributed by atoms with Crippen molar-refractivity contribution >= 4 is 23.2 Å². The van der Waals surface area contributed by atoms with Gasteiger partial charge in [0.15, 0.2) is 0 Å². The number of alkyl halides is 3. The van der Waals surface area contributed by atoms with Gasteiger partial charge in [0.25, 0.3) is 5.91 Å². The lowest BCUT2D eigenvalue weighted by atomic mass is 10.1. The lowest BCUT2D eigenvalue weighted by Crippen LogP contribution is -2.16. The number of anilines is 1. The zero-order valence-electron chi connectivity index (χ0n) is 10.0. The molecule has 6 heteroatoms. The highest BCUT2D eigenvalue weighted by molar-refractivity contribution is 6.31. The number of para-hydroxylation sites is 1. The summed E-state index contributed by atoms with van der Waals surface area (Å²) in [5.41, 5.74) is -0.991. The molecule has 0 spiro atoms. The molecule has 0 aliphatic carbocycles. The first-order valence-electron chi connectivity index (χ1n) is 5.61. The SMILES string of the molecule is O=C(Nc1ccccc1C(F)(F)F)c1cccc(Cl)c1. The van der Waals surface area contributed by atoms with Crippen molar-refractivity contribution in [1.82, 2.24) is 0 Å². The van der Waals surface area contributed by atoms with Crippen LogP contribution in [-0.2, 0) is 6.18 Å². The zero-order chi connectivity index (χ0) is 14.8. The highest BCUT2D eigenvalue weighted by Crippen LogP contribution is 2.34. The summed E-state index contributed by atoms with van der Waals surface area (Å²) < 4.78 is 38.4. The summed E-state index contributed by atoms with van der Waals surface area (Å²) in [6.45, 7) is 0. The molecular formula is C14H9ClF3NO. The Labute approximate surface area is 118 Å². The third-order valence-corrected chi connectivity index (χ3v) is 2.80. The van der Waals surface area contributed by atoms with Crippen LogP contribution in [0.15, 0.2) is 48.5 Å². The van der Waals surface area contributed by atoms with Crippen LogP contribution in [0.2, 0.25) is 5.02 Å². The zero-order valence-corrected chi connectivity index (χ0v) is 10.8. The van der Waals surface area contributed by atoms with Crippen LogP contribution in [0.25, 0.3) is 0 Å². The van der Waals surface area contributed by atoms with Crippen molar-refractivity contribution in [3.8, 4) is 0 Å². The van der Waals surface area contributed by atoms with E-state index in [2.05, 4.69) is 5.32 Å². The fraction of sp³-hybridized carbons (Fsp3) is 0.0714. The fourth-order valence-electron chi connectivity index (χ4n) is 1.66. The minimum absolute atomic E-state index is 0.189. The van der Waals surface area contributed by atoms with E-state index < -0.39 is 17.6 Å². The van der Waals surface area contributed by atoms with Gasteiger partial charge in [0.05, 0.1) is 11.3 Å². The van der Waals surface area contributed by atoms with E-state index in [4.69, 9.17) is 11.6 Å². The highest BCUT2D eigenvalue weighted by Gasteiger charge is 2.33. The lowest BCUT2D eigenvalue weighted by Gasteiger charge is -2.13. The summed E-state index contributed by atoms with van der Waals surface area (Å²) in [4.78, 5) is 11.9. The molecule has 0 saturated carbocycles.